The van der Waals surface area contributed by atoms with Gasteiger partial charge in [0, 0.05) is 0 Å². The van der Waals surface area contributed by atoms with Crippen molar-refractivity contribution in [2.45, 2.75) is 0 Å². The molecule has 12 heavy (non-hydrogen) atoms. The van der Waals surface area contributed by atoms with Crippen LogP contribution in [0.3, 0.4) is 0 Å². The summed E-state index contributed by atoms with van der Waals surface area (Å²) >= 11 is 0. The second-order valence-electron chi connectivity index (χ2n) is 1.70. The Bertz CT molecular complexity index is 181. The van der Waals surface area contributed by atoms with Crippen LogP contribution in [0, 0.1) is 0 Å². The number of ether oxygens (including phenoxy) is 1. The van der Waals surface area contributed by atoms with Gasteiger partial charge in [0.25, 0.3) is 0 Å². The molecule has 0 aliphatic carbocycles. The first-order valence-corrected chi connectivity index (χ1v) is 3.15. The minimum Gasteiger partial charge on any atom is -0.474 e. The topological polar surface area (TPSA) is 67.4 Å². The van der Waals surface area contributed by atoms with E-state index in [1.807, 2.05) is 5.32 Å². The van der Waals surface area contributed by atoms with Gasteiger partial charge < -0.3 is 10.1 Å². The molecule has 1 heterocycles. The maximum absolute atomic E-state index is 10.1. The number of imide groups is 1. The Kier molecular flexibility index (Phi) is 5.08. The molecule has 0 atom stereocenters. The number of hydrogen-bond acceptors (Lipinski definition) is 3. The zero-order chi connectivity index (χ0) is 9.40. The van der Waals surface area contributed by atoms with Gasteiger partial charge in [-0.3, -0.25) is 10.1 Å². The first-order chi connectivity index (χ1) is 5.70. The zero-order valence-electron chi connectivity index (χ0n) is 6.50. The normalized spacial score (nSPS) is 13.3. The van der Waals surface area contributed by atoms with E-state index in [4.69, 9.17) is 0 Å². The van der Waals surface area contributed by atoms with Gasteiger partial charge in [0.2, 0.25) is 5.91 Å². The van der Waals surface area contributed by atoms with Crippen LogP contribution in [0.15, 0.2) is 25.7 Å². The second kappa shape index (κ2) is 5.96. The Morgan fingerprint density at radius 3 is 2.00 bits per heavy atom. The van der Waals surface area contributed by atoms with Crippen LogP contribution in [0.4, 0.5) is 4.79 Å². The van der Waals surface area contributed by atoms with E-state index < -0.39 is 6.03 Å². The summed E-state index contributed by atoms with van der Waals surface area (Å²) in [4.78, 5) is 20.1. The summed E-state index contributed by atoms with van der Waals surface area (Å²) in [6.07, 6.45) is 2.62. The lowest BCUT2D eigenvalue weighted by molar-refractivity contribution is -0.117. The molecule has 1 aliphatic rings. The van der Waals surface area contributed by atoms with Crippen LogP contribution in [0.2, 0.25) is 0 Å². The van der Waals surface area contributed by atoms with Crippen molar-refractivity contribution in [3.8, 4) is 0 Å². The SMILES string of the molecule is C=COC=C.O=C1CNC(=O)N1. The molecular formula is C7H10N2O3. The number of amides is 3. The van der Waals surface area contributed by atoms with Gasteiger partial charge in [-0.2, -0.15) is 0 Å². The minimum absolute atomic E-state index is 0.124. The summed E-state index contributed by atoms with van der Waals surface area (Å²) in [7, 11) is 0. The molecule has 2 N–H and O–H groups in total. The molecular weight excluding hydrogens is 160 g/mol. The number of urea groups is 1. The van der Waals surface area contributed by atoms with Gasteiger partial charge in [-0.15, -0.1) is 0 Å². The highest BCUT2D eigenvalue weighted by Crippen LogP contribution is 1.73. The van der Waals surface area contributed by atoms with Gasteiger partial charge in [0.05, 0.1) is 19.1 Å². The van der Waals surface area contributed by atoms with Crippen molar-refractivity contribution in [1.82, 2.24) is 10.6 Å². The quantitative estimate of drug-likeness (QED) is 0.456. The summed E-state index contributed by atoms with van der Waals surface area (Å²) in [5.41, 5.74) is 0. The molecule has 5 heteroatoms. The van der Waals surface area contributed by atoms with E-state index in [0.29, 0.717) is 0 Å². The fraction of sp³-hybridized carbons (Fsp3) is 0.143. The van der Waals surface area contributed by atoms with Gasteiger partial charge in [0.15, 0.2) is 0 Å². The Morgan fingerprint density at radius 1 is 1.33 bits per heavy atom. The minimum atomic E-state index is -0.398. The van der Waals surface area contributed by atoms with E-state index >= 15 is 0 Å². The molecule has 1 fully saturated rings. The molecule has 0 radical (unpaired) electrons. The third-order valence-corrected chi connectivity index (χ3v) is 0.855. The molecule has 0 aromatic heterocycles. The molecule has 0 spiro atoms. The summed E-state index contributed by atoms with van der Waals surface area (Å²) in [5, 5.41) is 4.30. The van der Waals surface area contributed by atoms with E-state index in [1.165, 1.54) is 12.5 Å². The predicted molar refractivity (Wildman–Crippen MR) is 43.0 cm³/mol. The Hall–Kier alpha value is -1.78. The Balaban J connectivity index is 0.000000217. The molecule has 0 bridgehead atoms. The number of nitrogens with one attached hydrogen (secondary N) is 2. The van der Waals surface area contributed by atoms with Crippen LogP contribution < -0.4 is 10.6 Å². The van der Waals surface area contributed by atoms with Crippen LogP contribution in [0.1, 0.15) is 0 Å². The third-order valence-electron chi connectivity index (χ3n) is 0.855. The van der Waals surface area contributed by atoms with Crippen LogP contribution in [0.5, 0.6) is 0 Å². The molecule has 0 aromatic rings. The average Bonchev–Trinajstić information content (AvgIpc) is 2.38. The Labute approximate surface area is 70.1 Å². The average molecular weight is 170 g/mol. The maximum atomic E-state index is 10.1. The number of hydrogen-bond donors (Lipinski definition) is 2. The fourth-order valence-corrected chi connectivity index (χ4v) is 0.444. The number of carbonyl (C=O) groups excluding carboxylic acids is 2. The van der Waals surface area contributed by atoms with Crippen molar-refractivity contribution in [3.63, 3.8) is 0 Å². The van der Waals surface area contributed by atoms with Crippen molar-refractivity contribution in [2.24, 2.45) is 0 Å². The van der Waals surface area contributed by atoms with Crippen LogP contribution in [0.25, 0.3) is 0 Å². The van der Waals surface area contributed by atoms with E-state index in [2.05, 4.69) is 23.2 Å². The number of carbonyl (C=O) groups is 2. The molecule has 0 unspecified atom stereocenters. The lowest BCUT2D eigenvalue weighted by Gasteiger charge is -1.78. The first kappa shape index (κ1) is 10.2. The van der Waals surface area contributed by atoms with Gasteiger partial charge in [-0.1, -0.05) is 13.2 Å². The standard InChI is InChI=1S/C4H6O.C3H4N2O2/c1-3-5-4-2;6-2-1-4-3(7)5-2/h3-4H,1-2H2;1H2,(H2,4,5,6,7). The highest BCUT2D eigenvalue weighted by molar-refractivity contribution is 6.01. The van der Waals surface area contributed by atoms with Crippen molar-refractivity contribution in [3.05, 3.63) is 25.7 Å². The lowest BCUT2D eigenvalue weighted by Crippen LogP contribution is -2.22. The van der Waals surface area contributed by atoms with E-state index in [1.54, 1.807) is 0 Å². The summed E-state index contributed by atoms with van der Waals surface area (Å²) in [6, 6.07) is -0.398. The maximum Gasteiger partial charge on any atom is 0.321 e. The smallest absolute Gasteiger partial charge is 0.321 e. The second-order valence-corrected chi connectivity index (χ2v) is 1.70. The molecule has 1 aliphatic heterocycles. The lowest BCUT2D eigenvalue weighted by atomic mass is 10.7. The van der Waals surface area contributed by atoms with Crippen LogP contribution in [-0.4, -0.2) is 18.5 Å². The number of rotatable bonds is 2. The molecule has 3 amide bonds. The van der Waals surface area contributed by atoms with E-state index in [-0.39, 0.29) is 12.5 Å². The van der Waals surface area contributed by atoms with Gasteiger partial charge >= 0.3 is 6.03 Å². The fourth-order valence-electron chi connectivity index (χ4n) is 0.444. The van der Waals surface area contributed by atoms with Crippen molar-refractivity contribution in [1.29, 1.82) is 0 Å². The van der Waals surface area contributed by atoms with E-state index in [9.17, 15) is 9.59 Å². The summed E-state index contributed by atoms with van der Waals surface area (Å²) in [5.74, 6) is -0.259. The molecule has 1 rings (SSSR count). The molecule has 0 saturated carbocycles. The molecule has 0 aromatic carbocycles. The van der Waals surface area contributed by atoms with Crippen LogP contribution in [-0.2, 0) is 9.53 Å². The first-order valence-electron chi connectivity index (χ1n) is 3.15. The van der Waals surface area contributed by atoms with E-state index in [0.717, 1.165) is 0 Å². The zero-order valence-corrected chi connectivity index (χ0v) is 6.50. The van der Waals surface area contributed by atoms with Gasteiger partial charge in [0.1, 0.15) is 0 Å². The van der Waals surface area contributed by atoms with Gasteiger partial charge in [-0.25, -0.2) is 4.79 Å². The predicted octanol–water partition coefficient (Wildman–Crippen LogP) is 0.116. The Morgan fingerprint density at radius 2 is 1.92 bits per heavy atom. The summed E-state index contributed by atoms with van der Waals surface area (Å²) < 4.78 is 4.36. The van der Waals surface area contributed by atoms with Crippen molar-refractivity contribution in [2.75, 3.05) is 6.54 Å². The molecule has 66 valence electrons. The van der Waals surface area contributed by atoms with Crippen molar-refractivity contribution >= 4 is 11.9 Å². The van der Waals surface area contributed by atoms with Gasteiger partial charge in [-0.05, 0) is 0 Å². The third kappa shape index (κ3) is 5.04. The van der Waals surface area contributed by atoms with Crippen LogP contribution >= 0.6 is 0 Å². The highest BCUT2D eigenvalue weighted by Gasteiger charge is 2.14. The summed E-state index contributed by atoms with van der Waals surface area (Å²) in [6.45, 7) is 6.64. The van der Waals surface area contributed by atoms with Crippen molar-refractivity contribution < 1.29 is 14.3 Å². The monoisotopic (exact) mass is 170 g/mol. The molecule has 1 saturated heterocycles. The molecule has 5 nitrogen and oxygen atoms in total. The highest BCUT2D eigenvalue weighted by atomic mass is 16.5. The largest absolute Gasteiger partial charge is 0.474 e.